The summed E-state index contributed by atoms with van der Waals surface area (Å²) >= 11 is 1.81. The zero-order chi connectivity index (χ0) is 16.1. The highest BCUT2D eigenvalue weighted by atomic mass is 32.1. The summed E-state index contributed by atoms with van der Waals surface area (Å²) < 4.78 is 5.47. The number of anilines is 1. The third kappa shape index (κ3) is 3.85. The zero-order valence-electron chi connectivity index (χ0n) is 13.0. The first-order valence-electron chi connectivity index (χ1n) is 7.61. The Morgan fingerprint density at radius 2 is 2.13 bits per heavy atom. The van der Waals surface area contributed by atoms with E-state index in [9.17, 15) is 0 Å². The Kier molecular flexibility index (Phi) is 5.18. The molecule has 3 heterocycles. The largest absolute Gasteiger partial charge is 0.379 e. The van der Waals surface area contributed by atoms with Crippen LogP contribution in [0.3, 0.4) is 0 Å². The number of hydrogen-bond donors (Lipinski definition) is 1. The van der Waals surface area contributed by atoms with Crippen molar-refractivity contribution >= 4 is 17.2 Å². The molecule has 2 aromatic heterocycles. The summed E-state index contributed by atoms with van der Waals surface area (Å²) in [7, 11) is 0. The van der Waals surface area contributed by atoms with Crippen molar-refractivity contribution < 1.29 is 4.74 Å². The molecule has 7 heteroatoms. The first-order chi connectivity index (χ1) is 11.3. The Balaban J connectivity index is 1.77. The van der Waals surface area contributed by atoms with Crippen molar-refractivity contribution in [2.75, 3.05) is 38.2 Å². The second-order valence-corrected chi connectivity index (χ2v) is 6.68. The van der Waals surface area contributed by atoms with Crippen LogP contribution in [0.25, 0.3) is 0 Å². The fourth-order valence-corrected chi connectivity index (χ4v) is 3.69. The van der Waals surface area contributed by atoms with E-state index in [0.717, 1.165) is 26.3 Å². The molecule has 23 heavy (non-hydrogen) atoms. The fourth-order valence-electron chi connectivity index (χ4n) is 2.67. The lowest BCUT2D eigenvalue weighted by molar-refractivity contribution is 0.0194. The van der Waals surface area contributed by atoms with Crippen LogP contribution in [0.2, 0.25) is 0 Å². The van der Waals surface area contributed by atoms with Gasteiger partial charge in [-0.1, -0.05) is 0 Å². The van der Waals surface area contributed by atoms with Crippen LogP contribution in [0, 0.1) is 18.3 Å². The number of nitrogens with one attached hydrogen (secondary N) is 1. The van der Waals surface area contributed by atoms with Gasteiger partial charge in [-0.15, -0.1) is 11.3 Å². The highest BCUT2D eigenvalue weighted by molar-refractivity contribution is 7.12. The predicted molar refractivity (Wildman–Crippen MR) is 89.4 cm³/mol. The number of rotatable bonds is 5. The average Bonchev–Trinajstić information content (AvgIpc) is 3.02. The topological polar surface area (TPSA) is 74.1 Å². The number of thiophene rings is 1. The first-order valence-corrected chi connectivity index (χ1v) is 8.42. The summed E-state index contributed by atoms with van der Waals surface area (Å²) in [6, 6.07) is 6.65. The van der Waals surface area contributed by atoms with Gasteiger partial charge in [0.1, 0.15) is 6.07 Å². The van der Waals surface area contributed by atoms with Gasteiger partial charge in [0.05, 0.1) is 19.3 Å². The van der Waals surface area contributed by atoms with Gasteiger partial charge >= 0.3 is 0 Å². The van der Waals surface area contributed by atoms with Gasteiger partial charge in [0, 0.05) is 41.8 Å². The van der Waals surface area contributed by atoms with E-state index in [1.165, 1.54) is 16.0 Å². The van der Waals surface area contributed by atoms with Gasteiger partial charge in [-0.2, -0.15) is 5.26 Å². The number of morpholine rings is 1. The van der Waals surface area contributed by atoms with Gasteiger partial charge in [0.25, 0.3) is 0 Å². The molecule has 0 saturated carbocycles. The summed E-state index contributed by atoms with van der Waals surface area (Å²) in [5.74, 6) is 0.543. The van der Waals surface area contributed by atoms with E-state index in [0.29, 0.717) is 18.1 Å². The van der Waals surface area contributed by atoms with Crippen molar-refractivity contribution in [3.63, 3.8) is 0 Å². The third-order valence-electron chi connectivity index (χ3n) is 3.84. The molecule has 0 spiro atoms. The molecule has 0 amide bonds. The van der Waals surface area contributed by atoms with Crippen LogP contribution in [0.4, 0.5) is 5.82 Å². The molecule has 120 valence electrons. The maximum absolute atomic E-state index is 9.14. The number of ether oxygens (including phenoxy) is 1. The molecule has 1 aliphatic rings. The molecule has 3 rings (SSSR count). The van der Waals surface area contributed by atoms with E-state index in [1.807, 2.05) is 11.3 Å². The fraction of sp³-hybridized carbons (Fsp3) is 0.438. The van der Waals surface area contributed by atoms with Crippen molar-refractivity contribution in [3.05, 3.63) is 40.0 Å². The van der Waals surface area contributed by atoms with Gasteiger partial charge in [-0.3, -0.25) is 4.90 Å². The Morgan fingerprint density at radius 1 is 1.35 bits per heavy atom. The van der Waals surface area contributed by atoms with Crippen molar-refractivity contribution in [1.29, 1.82) is 5.26 Å². The molecule has 1 aliphatic heterocycles. The van der Waals surface area contributed by atoms with E-state index in [-0.39, 0.29) is 6.04 Å². The highest BCUT2D eigenvalue weighted by Gasteiger charge is 2.24. The predicted octanol–water partition coefficient (Wildman–Crippen LogP) is 2.20. The van der Waals surface area contributed by atoms with Gasteiger partial charge < -0.3 is 10.1 Å². The average molecular weight is 329 g/mol. The summed E-state index contributed by atoms with van der Waals surface area (Å²) in [6.45, 7) is 6.15. The van der Waals surface area contributed by atoms with E-state index in [1.54, 1.807) is 6.20 Å². The Bertz CT molecular complexity index is 690. The molecular weight excluding hydrogens is 310 g/mol. The monoisotopic (exact) mass is 329 g/mol. The SMILES string of the molecule is Cc1ccc([C@@H](CNc2nccnc2C#N)N2CCOCC2)s1. The summed E-state index contributed by atoms with van der Waals surface area (Å²) in [5.41, 5.74) is 0.329. The molecule has 1 fully saturated rings. The van der Waals surface area contributed by atoms with Crippen molar-refractivity contribution in [3.8, 4) is 6.07 Å². The molecule has 1 saturated heterocycles. The van der Waals surface area contributed by atoms with Gasteiger partial charge in [-0.05, 0) is 19.1 Å². The number of nitriles is 1. The lowest BCUT2D eigenvalue weighted by Crippen LogP contribution is -2.41. The minimum absolute atomic E-state index is 0.242. The molecule has 1 N–H and O–H groups in total. The van der Waals surface area contributed by atoms with E-state index in [2.05, 4.69) is 45.3 Å². The lowest BCUT2D eigenvalue weighted by Gasteiger charge is -2.34. The molecule has 1 atom stereocenters. The summed E-state index contributed by atoms with van der Waals surface area (Å²) in [6.07, 6.45) is 3.13. The highest BCUT2D eigenvalue weighted by Crippen LogP contribution is 2.28. The minimum Gasteiger partial charge on any atom is -0.379 e. The van der Waals surface area contributed by atoms with Crippen LogP contribution in [0.5, 0.6) is 0 Å². The number of nitrogens with zero attached hydrogens (tertiary/aromatic N) is 4. The quantitative estimate of drug-likeness (QED) is 0.906. The van der Waals surface area contributed by atoms with Crippen molar-refractivity contribution in [2.24, 2.45) is 0 Å². The molecular formula is C16H19N5OS. The maximum Gasteiger partial charge on any atom is 0.182 e. The lowest BCUT2D eigenvalue weighted by atomic mass is 10.2. The van der Waals surface area contributed by atoms with Crippen LogP contribution >= 0.6 is 11.3 Å². The van der Waals surface area contributed by atoms with E-state index in [4.69, 9.17) is 10.00 Å². The van der Waals surface area contributed by atoms with E-state index < -0.39 is 0 Å². The molecule has 0 aliphatic carbocycles. The number of aromatic nitrogens is 2. The first kappa shape index (κ1) is 15.9. The van der Waals surface area contributed by atoms with Crippen molar-refractivity contribution in [2.45, 2.75) is 13.0 Å². The van der Waals surface area contributed by atoms with Gasteiger partial charge in [0.15, 0.2) is 11.5 Å². The Morgan fingerprint density at radius 3 is 2.83 bits per heavy atom. The standard InChI is InChI=1S/C16H19N5OS/c1-12-2-3-15(23-12)14(21-6-8-22-9-7-21)11-20-16-13(10-17)18-4-5-19-16/h2-5,14H,6-9,11H2,1H3,(H,19,20)/t14-/m1/s1. The molecule has 6 nitrogen and oxygen atoms in total. The zero-order valence-corrected chi connectivity index (χ0v) is 13.8. The van der Waals surface area contributed by atoms with Crippen LogP contribution < -0.4 is 5.32 Å². The Labute approximate surface area is 139 Å². The van der Waals surface area contributed by atoms with Crippen LogP contribution in [0.1, 0.15) is 21.5 Å². The van der Waals surface area contributed by atoms with Gasteiger partial charge in [0.2, 0.25) is 0 Å². The van der Waals surface area contributed by atoms with Crippen LogP contribution in [0.15, 0.2) is 24.5 Å². The second kappa shape index (κ2) is 7.51. The number of aryl methyl sites for hydroxylation is 1. The second-order valence-electron chi connectivity index (χ2n) is 5.36. The van der Waals surface area contributed by atoms with Gasteiger partial charge in [-0.25, -0.2) is 9.97 Å². The van der Waals surface area contributed by atoms with Crippen molar-refractivity contribution in [1.82, 2.24) is 14.9 Å². The molecule has 2 aromatic rings. The molecule has 0 aromatic carbocycles. The Hall–Kier alpha value is -2.01. The summed E-state index contributed by atoms with van der Waals surface area (Å²) in [4.78, 5) is 13.3. The number of hydrogen-bond acceptors (Lipinski definition) is 7. The minimum atomic E-state index is 0.242. The smallest absolute Gasteiger partial charge is 0.182 e. The summed E-state index contributed by atoms with van der Waals surface area (Å²) in [5, 5.41) is 12.4. The van der Waals surface area contributed by atoms with Crippen LogP contribution in [-0.2, 0) is 4.74 Å². The third-order valence-corrected chi connectivity index (χ3v) is 4.94. The van der Waals surface area contributed by atoms with E-state index >= 15 is 0 Å². The molecule has 0 radical (unpaired) electrons. The maximum atomic E-state index is 9.14. The molecule has 0 bridgehead atoms. The normalized spacial score (nSPS) is 16.7. The molecule has 0 unspecified atom stereocenters. The van der Waals surface area contributed by atoms with Crippen LogP contribution in [-0.4, -0.2) is 47.7 Å².